The van der Waals surface area contributed by atoms with Crippen LogP contribution in [0.1, 0.15) is 58.1 Å². The van der Waals surface area contributed by atoms with Crippen LogP contribution < -0.4 is 32.1 Å². The molecular formula is C42H41N7O10. The monoisotopic (exact) mass is 803 g/mol. The molecule has 304 valence electrons. The van der Waals surface area contributed by atoms with Crippen LogP contribution in [0.2, 0.25) is 0 Å². The van der Waals surface area contributed by atoms with Crippen molar-refractivity contribution in [1.82, 2.24) is 19.9 Å². The van der Waals surface area contributed by atoms with Crippen LogP contribution in [0.5, 0.6) is 5.88 Å². The third-order valence-corrected chi connectivity index (χ3v) is 9.12. The predicted molar refractivity (Wildman–Crippen MR) is 218 cm³/mol. The Bertz CT molecular complexity index is 2530. The van der Waals surface area contributed by atoms with Gasteiger partial charge in [0.1, 0.15) is 11.1 Å². The number of nitrogens with one attached hydrogen (secondary N) is 4. The molecular weight excluding hydrogens is 763 g/mol. The summed E-state index contributed by atoms with van der Waals surface area (Å²) in [6.07, 6.45) is 9.03. The maximum absolute atomic E-state index is 13.8. The minimum atomic E-state index is -1.02. The van der Waals surface area contributed by atoms with Crippen molar-refractivity contribution in [3.8, 4) is 11.6 Å². The van der Waals surface area contributed by atoms with Gasteiger partial charge >= 0.3 is 17.7 Å². The second-order valence-electron chi connectivity index (χ2n) is 13.8. The number of imide groups is 2. The zero-order chi connectivity index (χ0) is 42.9. The number of pyridine rings is 1. The van der Waals surface area contributed by atoms with Gasteiger partial charge in [0, 0.05) is 37.1 Å². The molecule has 0 atom stereocenters. The molecule has 2 aromatic heterocycles. The van der Waals surface area contributed by atoms with Crippen LogP contribution in [0.25, 0.3) is 17.3 Å². The van der Waals surface area contributed by atoms with E-state index in [-0.39, 0.29) is 54.0 Å². The lowest BCUT2D eigenvalue weighted by atomic mass is 9.91. The number of hydrogen-bond donors (Lipinski definition) is 5. The molecule has 0 bridgehead atoms. The summed E-state index contributed by atoms with van der Waals surface area (Å²) in [5.41, 5.74) is -1.70. The molecule has 1 saturated heterocycles. The van der Waals surface area contributed by atoms with E-state index < -0.39 is 51.9 Å². The molecule has 17 nitrogen and oxygen atoms in total. The molecule has 0 unspecified atom stereocenters. The summed E-state index contributed by atoms with van der Waals surface area (Å²) in [6, 6.07) is 14.0. The van der Waals surface area contributed by atoms with E-state index >= 15 is 0 Å². The number of amides is 6. The third kappa shape index (κ3) is 10.4. The Morgan fingerprint density at radius 1 is 0.932 bits per heavy atom. The van der Waals surface area contributed by atoms with Crippen LogP contribution in [0, 0.1) is 5.41 Å². The number of rotatable bonds is 14. The number of urea groups is 1. The number of H-pyrrole nitrogens is 1. The second kappa shape index (κ2) is 18.5. The molecule has 0 saturated carbocycles. The lowest BCUT2D eigenvalue weighted by molar-refractivity contribution is -0.154. The third-order valence-electron chi connectivity index (χ3n) is 9.12. The van der Waals surface area contributed by atoms with Gasteiger partial charge in [-0.1, -0.05) is 31.2 Å². The molecule has 1 fully saturated rings. The maximum Gasteiger partial charge on any atom is 0.335 e. The van der Waals surface area contributed by atoms with Gasteiger partial charge in [-0.25, -0.2) is 19.1 Å². The number of benzene rings is 2. The number of ether oxygens (including phenoxy) is 1. The number of hydrogen-bond acceptors (Lipinski definition) is 11. The van der Waals surface area contributed by atoms with Crippen molar-refractivity contribution in [2.45, 2.75) is 47.0 Å². The van der Waals surface area contributed by atoms with Crippen LogP contribution >= 0.6 is 0 Å². The van der Waals surface area contributed by atoms with Gasteiger partial charge in [0.25, 0.3) is 17.4 Å². The first-order chi connectivity index (χ1) is 28.1. The second-order valence-corrected chi connectivity index (χ2v) is 13.8. The van der Waals surface area contributed by atoms with Crippen molar-refractivity contribution in [3.05, 3.63) is 129 Å². The topological polar surface area (TPSA) is 239 Å². The smallest absolute Gasteiger partial charge is 0.335 e. The normalized spacial score (nSPS) is 14.0. The number of aromatic amines is 1. The number of anilines is 3. The number of aromatic hydroxyl groups is 1. The van der Waals surface area contributed by atoms with Crippen molar-refractivity contribution >= 4 is 64.3 Å². The van der Waals surface area contributed by atoms with Crippen molar-refractivity contribution < 1.29 is 38.6 Å². The maximum atomic E-state index is 13.8. The lowest BCUT2D eigenvalue weighted by Crippen LogP contribution is -2.54. The number of esters is 1. The summed E-state index contributed by atoms with van der Waals surface area (Å²) in [4.78, 5) is 110. The van der Waals surface area contributed by atoms with Crippen molar-refractivity contribution in [2.24, 2.45) is 5.41 Å². The van der Waals surface area contributed by atoms with Gasteiger partial charge in [0.05, 0.1) is 23.4 Å². The van der Waals surface area contributed by atoms with Gasteiger partial charge in [-0.15, -0.1) is 0 Å². The molecule has 0 aliphatic carbocycles. The summed E-state index contributed by atoms with van der Waals surface area (Å²) in [5, 5.41) is 18.0. The number of barbiturate groups is 1. The zero-order valence-electron chi connectivity index (χ0n) is 32.5. The Labute approximate surface area is 337 Å². The average molecular weight is 804 g/mol. The van der Waals surface area contributed by atoms with E-state index in [1.807, 2.05) is 6.92 Å². The molecule has 59 heavy (non-hydrogen) atoms. The molecule has 0 radical (unpaired) electrons. The molecule has 6 amide bonds. The van der Waals surface area contributed by atoms with Crippen LogP contribution in [-0.2, 0) is 28.7 Å². The number of carbonyl (C=O) groups excluding carboxylic acids is 6. The van der Waals surface area contributed by atoms with Gasteiger partial charge in [-0.3, -0.25) is 44.1 Å². The van der Waals surface area contributed by atoms with Gasteiger partial charge in [0.2, 0.25) is 17.7 Å². The fraction of sp³-hybridized carbons (Fsp3) is 0.214. The number of aromatic nitrogens is 3. The lowest BCUT2D eigenvalue weighted by Gasteiger charge is -2.26. The number of nitrogens with zero attached hydrogens (tertiary/aromatic N) is 3. The zero-order valence-corrected chi connectivity index (χ0v) is 32.5. The Balaban J connectivity index is 1.40. The summed E-state index contributed by atoms with van der Waals surface area (Å²) in [6.45, 7) is 6.78. The first-order valence-electron chi connectivity index (χ1n) is 18.3. The standard InChI is InChI=1S/C42H41N7O10/c1-5-42(3,4)39(56)59-22-8-13-34(51)45-29-10-7-12-31(24-29)49-38(55)33(36(53)47-41(49)58)17-15-26(27-18-20-43-21-19-27)14-16-32-35(52)46-40(57)48(37(32)54)30-11-6-9-28(23-30)44-25(2)50/h6-7,9-12,14-21,23-24,52H,5,8,13,22H2,1-4H3,(H,44,50)(H,45,51)(H,46,57)(H,47,53,58). The number of carbonyl (C=O) groups is 6. The molecule has 3 heterocycles. The van der Waals surface area contributed by atoms with Crippen molar-refractivity contribution in [2.75, 3.05) is 22.1 Å². The van der Waals surface area contributed by atoms with E-state index in [2.05, 4.69) is 25.9 Å². The highest BCUT2D eigenvalue weighted by Gasteiger charge is 2.36. The van der Waals surface area contributed by atoms with E-state index in [1.165, 1.54) is 80.0 Å². The Kier molecular flexibility index (Phi) is 13.3. The summed E-state index contributed by atoms with van der Waals surface area (Å²) >= 11 is 0. The molecule has 4 aromatic rings. The van der Waals surface area contributed by atoms with E-state index in [1.54, 1.807) is 38.1 Å². The Morgan fingerprint density at radius 2 is 1.59 bits per heavy atom. The van der Waals surface area contributed by atoms with Crippen molar-refractivity contribution in [3.63, 3.8) is 0 Å². The van der Waals surface area contributed by atoms with Gasteiger partial charge in [-0.05, 0) is 98.5 Å². The highest BCUT2D eigenvalue weighted by molar-refractivity contribution is 6.37. The quantitative estimate of drug-likeness (QED) is 0.0389. The van der Waals surface area contributed by atoms with Gasteiger partial charge in [0.15, 0.2) is 0 Å². The van der Waals surface area contributed by atoms with E-state index in [4.69, 9.17) is 4.74 Å². The molecule has 1 aliphatic heterocycles. The average Bonchev–Trinajstić information content (AvgIpc) is 3.18. The fourth-order valence-corrected chi connectivity index (χ4v) is 5.58. The minimum Gasteiger partial charge on any atom is -0.494 e. The van der Waals surface area contributed by atoms with Crippen LogP contribution in [0.4, 0.5) is 21.9 Å². The Hall–Kier alpha value is -7.69. The Morgan fingerprint density at radius 3 is 2.27 bits per heavy atom. The highest BCUT2D eigenvalue weighted by Crippen LogP contribution is 2.26. The summed E-state index contributed by atoms with van der Waals surface area (Å²) in [5.74, 6) is -3.82. The van der Waals surface area contributed by atoms with Gasteiger partial charge in [-0.2, -0.15) is 0 Å². The minimum absolute atomic E-state index is 0.0287. The van der Waals surface area contributed by atoms with E-state index in [0.717, 1.165) is 9.47 Å². The molecule has 2 aromatic carbocycles. The molecule has 1 aliphatic rings. The predicted octanol–water partition coefficient (Wildman–Crippen LogP) is 4.59. The van der Waals surface area contributed by atoms with E-state index in [9.17, 15) is 43.5 Å². The molecule has 5 N–H and O–H groups in total. The number of allylic oxidation sites excluding steroid dienone is 4. The molecule has 17 heteroatoms. The van der Waals surface area contributed by atoms with E-state index in [0.29, 0.717) is 23.2 Å². The van der Waals surface area contributed by atoms with Gasteiger partial charge < -0.3 is 20.5 Å². The van der Waals surface area contributed by atoms with Crippen LogP contribution in [0.15, 0.2) is 106 Å². The van der Waals surface area contributed by atoms with Crippen molar-refractivity contribution in [1.29, 1.82) is 0 Å². The largest absolute Gasteiger partial charge is 0.494 e. The van der Waals surface area contributed by atoms with Crippen LogP contribution in [0.3, 0.4) is 0 Å². The molecule has 0 spiro atoms. The first kappa shape index (κ1) is 42.5. The van der Waals surface area contributed by atoms with Crippen LogP contribution in [-0.4, -0.2) is 61.9 Å². The first-order valence-corrected chi connectivity index (χ1v) is 18.3. The highest BCUT2D eigenvalue weighted by atomic mass is 16.5. The SMILES string of the molecule is CCC(C)(C)C(=O)OCCCC(=O)Nc1cccc(N2C(=O)NC(=O)C(=CC=C(C=Cc3c(O)[nH]c(=O)n(-c4cccc(NC(C)=O)c4)c3=O)c3ccncc3)C2=O)c1. The molecule has 5 rings (SSSR count). The fourth-order valence-electron chi connectivity index (χ4n) is 5.58. The summed E-state index contributed by atoms with van der Waals surface area (Å²) in [7, 11) is 0. The summed E-state index contributed by atoms with van der Waals surface area (Å²) < 4.78 is 6.05.